The first-order valence-corrected chi connectivity index (χ1v) is 14.4. The van der Waals surface area contributed by atoms with Gasteiger partial charge in [0.05, 0.1) is 27.1 Å². The number of aryl methyl sites for hydroxylation is 2. The average molecular weight is 605 g/mol. The Morgan fingerprint density at radius 2 is 1.56 bits per heavy atom. The number of halogens is 1. The summed E-state index contributed by atoms with van der Waals surface area (Å²) in [7, 11) is 4.54. The summed E-state index contributed by atoms with van der Waals surface area (Å²) in [6, 6.07) is 18.6. The van der Waals surface area contributed by atoms with Crippen molar-refractivity contribution in [1.29, 1.82) is 0 Å². The molecule has 0 aliphatic carbocycles. The topological polar surface area (TPSA) is 103 Å². The monoisotopic (exact) mass is 604 g/mol. The number of hydrogen-bond acceptors (Lipinski definition) is 8. The van der Waals surface area contributed by atoms with E-state index in [9.17, 15) is 14.0 Å². The number of hydrogen-bond donors (Lipinski definition) is 1. The van der Waals surface area contributed by atoms with Crippen molar-refractivity contribution in [2.45, 2.75) is 31.6 Å². The highest BCUT2D eigenvalue weighted by Gasteiger charge is 2.33. The van der Waals surface area contributed by atoms with Crippen molar-refractivity contribution in [1.82, 2.24) is 14.9 Å². The summed E-state index contributed by atoms with van der Waals surface area (Å²) >= 11 is 1.15. The Balaban J connectivity index is 1.77. The Morgan fingerprint density at radius 3 is 2.19 bits per heavy atom. The van der Waals surface area contributed by atoms with Crippen molar-refractivity contribution >= 4 is 29.3 Å². The number of ether oxygens (including phenoxy) is 3. The van der Waals surface area contributed by atoms with Crippen LogP contribution in [0.2, 0.25) is 0 Å². The van der Waals surface area contributed by atoms with Crippen LogP contribution in [0.3, 0.4) is 0 Å². The number of methoxy groups -OCH3 is 3. The zero-order valence-corrected chi connectivity index (χ0v) is 25.4. The highest BCUT2D eigenvalue weighted by molar-refractivity contribution is 7.99. The van der Waals surface area contributed by atoms with Crippen LogP contribution in [0.4, 0.5) is 10.1 Å². The van der Waals surface area contributed by atoms with Crippen LogP contribution >= 0.6 is 11.8 Å². The van der Waals surface area contributed by atoms with E-state index in [0.29, 0.717) is 33.7 Å². The molecule has 1 aromatic heterocycles. The fourth-order valence-corrected chi connectivity index (χ4v) is 5.32. The predicted molar refractivity (Wildman–Crippen MR) is 163 cm³/mol. The van der Waals surface area contributed by atoms with Crippen LogP contribution in [0, 0.1) is 19.7 Å². The Hall–Kier alpha value is -4.64. The van der Waals surface area contributed by atoms with Crippen LogP contribution in [0.15, 0.2) is 78.0 Å². The minimum absolute atomic E-state index is 0.0864. The molecule has 9 nitrogen and oxygen atoms in total. The van der Waals surface area contributed by atoms with Crippen LogP contribution < -0.4 is 19.5 Å². The van der Waals surface area contributed by atoms with Crippen LogP contribution in [0.25, 0.3) is 0 Å². The molecule has 1 N–H and O–H groups in total. The molecule has 0 bridgehead atoms. The molecular weight excluding hydrogens is 571 g/mol. The third-order valence-corrected chi connectivity index (χ3v) is 7.38. The molecule has 0 saturated carbocycles. The van der Waals surface area contributed by atoms with Crippen LogP contribution in [0.1, 0.15) is 28.6 Å². The minimum atomic E-state index is -1.17. The summed E-state index contributed by atoms with van der Waals surface area (Å²) in [5.74, 6) is -0.0515. The number of carbonyl (C=O) groups is 2. The largest absolute Gasteiger partial charge is 0.497 e. The lowest BCUT2D eigenvalue weighted by Crippen LogP contribution is -2.42. The Morgan fingerprint density at radius 1 is 0.884 bits per heavy atom. The summed E-state index contributed by atoms with van der Waals surface area (Å²) in [5, 5.41) is 3.33. The highest BCUT2D eigenvalue weighted by atomic mass is 32.2. The molecule has 4 aromatic rings. The van der Waals surface area contributed by atoms with E-state index in [1.807, 2.05) is 19.9 Å². The van der Waals surface area contributed by atoms with Gasteiger partial charge in [0.1, 0.15) is 17.6 Å². The van der Waals surface area contributed by atoms with Gasteiger partial charge in [-0.05, 0) is 67.9 Å². The second kappa shape index (κ2) is 14.5. The lowest BCUT2D eigenvalue weighted by Gasteiger charge is -2.32. The van der Waals surface area contributed by atoms with Crippen molar-refractivity contribution in [3.05, 3.63) is 101 Å². The Labute approximate surface area is 254 Å². The molecule has 4 rings (SSSR count). The Kier molecular flexibility index (Phi) is 10.6. The number of anilines is 1. The normalized spacial score (nSPS) is 11.4. The maximum Gasteiger partial charge on any atom is 0.251 e. The Bertz CT molecular complexity index is 1560. The molecular formula is C32H33FN4O5S. The molecule has 1 atom stereocenters. The first-order chi connectivity index (χ1) is 20.7. The molecule has 224 valence electrons. The molecule has 0 saturated heterocycles. The van der Waals surface area contributed by atoms with Gasteiger partial charge < -0.3 is 24.4 Å². The van der Waals surface area contributed by atoms with Gasteiger partial charge >= 0.3 is 0 Å². The first-order valence-electron chi connectivity index (χ1n) is 13.4. The van der Waals surface area contributed by atoms with Gasteiger partial charge in [0, 0.05) is 29.2 Å². The van der Waals surface area contributed by atoms with E-state index in [4.69, 9.17) is 14.2 Å². The lowest BCUT2D eigenvalue weighted by molar-refractivity contribution is -0.137. The number of nitrogens with zero attached hydrogens (tertiary/aromatic N) is 3. The third-order valence-electron chi connectivity index (χ3n) is 6.55. The molecule has 3 aromatic carbocycles. The molecule has 11 heteroatoms. The molecule has 0 radical (unpaired) electrons. The molecule has 0 spiro atoms. The van der Waals surface area contributed by atoms with Gasteiger partial charge in [-0.1, -0.05) is 36.0 Å². The van der Waals surface area contributed by atoms with Crippen molar-refractivity contribution in [2.75, 3.05) is 32.4 Å². The van der Waals surface area contributed by atoms with Crippen molar-refractivity contribution in [3.63, 3.8) is 0 Å². The van der Waals surface area contributed by atoms with E-state index < -0.39 is 23.7 Å². The average Bonchev–Trinajstić information content (AvgIpc) is 3.00. The fourth-order valence-electron chi connectivity index (χ4n) is 4.48. The predicted octanol–water partition coefficient (Wildman–Crippen LogP) is 5.76. The smallest absolute Gasteiger partial charge is 0.251 e. The molecule has 0 aliphatic rings. The summed E-state index contributed by atoms with van der Waals surface area (Å²) in [6.07, 6.45) is 0. The quantitative estimate of drug-likeness (QED) is 0.161. The number of benzene rings is 3. The summed E-state index contributed by atoms with van der Waals surface area (Å²) in [4.78, 5) is 38.3. The number of carbonyl (C=O) groups excluding carboxylic acids is 2. The summed E-state index contributed by atoms with van der Waals surface area (Å²) in [6.45, 7) is 3.53. The second-order valence-corrected chi connectivity index (χ2v) is 10.5. The van der Waals surface area contributed by atoms with Crippen LogP contribution in [-0.4, -0.2) is 53.8 Å². The van der Waals surface area contributed by atoms with E-state index in [1.54, 1.807) is 67.8 Å². The van der Waals surface area contributed by atoms with E-state index in [-0.39, 0.29) is 17.9 Å². The van der Waals surface area contributed by atoms with E-state index in [1.165, 1.54) is 25.2 Å². The third kappa shape index (κ3) is 8.01. The number of nitrogens with one attached hydrogen (secondary N) is 1. The van der Waals surface area contributed by atoms with Gasteiger partial charge in [-0.15, -0.1) is 0 Å². The second-order valence-electron chi connectivity index (χ2n) is 9.57. The number of aromatic nitrogens is 2. The van der Waals surface area contributed by atoms with Gasteiger partial charge in [0.25, 0.3) is 5.91 Å². The maximum absolute atomic E-state index is 14.9. The SMILES string of the molecule is COc1ccc(NC(=O)C(c2ccc(OC)c(OC)c2)N(Cc2ccccc2F)C(=O)CSc2nc(C)cc(C)n2)cc1. The van der Waals surface area contributed by atoms with E-state index >= 15 is 0 Å². The van der Waals surface area contributed by atoms with Crippen LogP contribution in [-0.2, 0) is 16.1 Å². The zero-order valence-electron chi connectivity index (χ0n) is 24.6. The van der Waals surface area contributed by atoms with Crippen molar-refractivity contribution < 1.29 is 28.2 Å². The van der Waals surface area contributed by atoms with Crippen LogP contribution in [0.5, 0.6) is 17.2 Å². The number of rotatable bonds is 12. The lowest BCUT2D eigenvalue weighted by atomic mass is 10.0. The molecule has 0 fully saturated rings. The summed E-state index contributed by atoms with van der Waals surface area (Å²) in [5.41, 5.74) is 2.74. The standard InChI is InChI=1S/C32H33FN4O5S/c1-20-16-21(2)35-32(34-20)43-19-29(38)37(18-23-8-6-7-9-26(23)33)30(22-10-15-27(41-4)28(17-22)42-5)31(39)36-24-11-13-25(40-3)14-12-24/h6-17,30H,18-19H2,1-5H3,(H,36,39). The number of amides is 2. The first kappa shape index (κ1) is 31.3. The van der Waals surface area contributed by atoms with Crippen molar-refractivity contribution in [3.8, 4) is 17.2 Å². The summed E-state index contributed by atoms with van der Waals surface area (Å²) < 4.78 is 31.1. The van der Waals surface area contributed by atoms with E-state index in [0.717, 1.165) is 23.1 Å². The van der Waals surface area contributed by atoms with Gasteiger partial charge in [-0.2, -0.15) is 0 Å². The number of thioether (sulfide) groups is 1. The van der Waals surface area contributed by atoms with Gasteiger partial charge in [-0.25, -0.2) is 14.4 Å². The fraction of sp³-hybridized carbons (Fsp3) is 0.250. The minimum Gasteiger partial charge on any atom is -0.497 e. The van der Waals surface area contributed by atoms with Crippen molar-refractivity contribution in [2.24, 2.45) is 0 Å². The highest BCUT2D eigenvalue weighted by Crippen LogP contribution is 2.34. The van der Waals surface area contributed by atoms with E-state index in [2.05, 4.69) is 15.3 Å². The molecule has 43 heavy (non-hydrogen) atoms. The molecule has 1 heterocycles. The zero-order chi connectivity index (χ0) is 30.9. The molecule has 1 unspecified atom stereocenters. The maximum atomic E-state index is 14.9. The molecule has 0 aliphatic heterocycles. The molecule has 2 amide bonds. The van der Waals surface area contributed by atoms with Gasteiger partial charge in [0.2, 0.25) is 5.91 Å². The van der Waals surface area contributed by atoms with Gasteiger partial charge in [-0.3, -0.25) is 9.59 Å². The van der Waals surface area contributed by atoms with Gasteiger partial charge in [0.15, 0.2) is 16.7 Å².